The molecule has 2 aromatic carbocycles. The lowest BCUT2D eigenvalue weighted by Crippen LogP contribution is -2.33. The first-order chi connectivity index (χ1) is 12.9. The summed E-state index contributed by atoms with van der Waals surface area (Å²) < 4.78 is 11.9. The van der Waals surface area contributed by atoms with Crippen LogP contribution in [0, 0.1) is 5.92 Å². The molecule has 0 spiro atoms. The Morgan fingerprint density at radius 2 is 1.78 bits per heavy atom. The van der Waals surface area contributed by atoms with Gasteiger partial charge in [-0.25, -0.2) is 0 Å². The molecule has 0 aromatic heterocycles. The topological polar surface area (TPSA) is 59.6 Å². The van der Waals surface area contributed by atoms with Crippen molar-refractivity contribution in [2.75, 3.05) is 25.1 Å². The SMILES string of the molecule is CC(C)C(NCC(=O)Nc1cc2c(cc1Br)OCCO2)c1ccc(Cl)cc1. The minimum atomic E-state index is -0.132. The fraction of sp³-hybridized carbons (Fsp3) is 0.350. The van der Waals surface area contributed by atoms with Crippen LogP contribution in [0.2, 0.25) is 5.02 Å². The zero-order valence-electron chi connectivity index (χ0n) is 15.2. The van der Waals surface area contributed by atoms with Gasteiger partial charge < -0.3 is 20.1 Å². The molecule has 0 saturated carbocycles. The van der Waals surface area contributed by atoms with Crippen molar-refractivity contribution in [1.82, 2.24) is 5.32 Å². The lowest BCUT2D eigenvalue weighted by molar-refractivity contribution is -0.115. The van der Waals surface area contributed by atoms with Crippen LogP contribution in [0.25, 0.3) is 0 Å². The summed E-state index contributed by atoms with van der Waals surface area (Å²) in [6, 6.07) is 11.3. The number of fused-ring (bicyclic) bond motifs is 1. The van der Waals surface area contributed by atoms with Gasteiger partial charge >= 0.3 is 0 Å². The van der Waals surface area contributed by atoms with Gasteiger partial charge in [0.1, 0.15) is 13.2 Å². The Hall–Kier alpha value is -1.76. The van der Waals surface area contributed by atoms with Gasteiger partial charge in [0.2, 0.25) is 5.91 Å². The summed E-state index contributed by atoms with van der Waals surface area (Å²) in [6.45, 7) is 5.44. The van der Waals surface area contributed by atoms with Crippen molar-refractivity contribution in [3.8, 4) is 11.5 Å². The molecule has 1 amide bonds. The summed E-state index contributed by atoms with van der Waals surface area (Å²) in [7, 11) is 0. The molecule has 5 nitrogen and oxygen atoms in total. The summed E-state index contributed by atoms with van der Waals surface area (Å²) in [5, 5.41) is 6.94. The van der Waals surface area contributed by atoms with E-state index < -0.39 is 0 Å². The van der Waals surface area contributed by atoms with E-state index >= 15 is 0 Å². The number of halogens is 2. The number of rotatable bonds is 6. The summed E-state index contributed by atoms with van der Waals surface area (Å²) in [4.78, 5) is 12.5. The average Bonchev–Trinajstić information content (AvgIpc) is 2.63. The molecule has 1 aliphatic rings. The Morgan fingerprint density at radius 3 is 2.41 bits per heavy atom. The van der Waals surface area contributed by atoms with Crippen molar-refractivity contribution in [3.05, 3.63) is 51.5 Å². The van der Waals surface area contributed by atoms with Gasteiger partial charge in [-0.2, -0.15) is 0 Å². The second kappa shape index (κ2) is 8.95. The van der Waals surface area contributed by atoms with Crippen LogP contribution in [-0.2, 0) is 4.79 Å². The molecule has 1 heterocycles. The molecule has 0 bridgehead atoms. The molecule has 1 aliphatic heterocycles. The number of carbonyl (C=O) groups is 1. The molecule has 0 fully saturated rings. The average molecular weight is 454 g/mol. The highest BCUT2D eigenvalue weighted by atomic mass is 79.9. The molecule has 144 valence electrons. The minimum absolute atomic E-state index is 0.0525. The number of hydrogen-bond acceptors (Lipinski definition) is 4. The number of hydrogen-bond donors (Lipinski definition) is 2. The molecule has 0 radical (unpaired) electrons. The van der Waals surface area contributed by atoms with E-state index in [1.54, 1.807) is 6.07 Å². The normalized spacial score (nSPS) is 14.1. The van der Waals surface area contributed by atoms with E-state index in [1.807, 2.05) is 30.3 Å². The third-order valence-electron chi connectivity index (χ3n) is 4.28. The summed E-state index contributed by atoms with van der Waals surface area (Å²) in [5.41, 5.74) is 1.75. The first-order valence-electron chi connectivity index (χ1n) is 8.82. The van der Waals surface area contributed by atoms with E-state index in [0.29, 0.717) is 41.3 Å². The highest BCUT2D eigenvalue weighted by molar-refractivity contribution is 9.10. The van der Waals surface area contributed by atoms with Crippen LogP contribution in [0.4, 0.5) is 5.69 Å². The van der Waals surface area contributed by atoms with Crippen molar-refractivity contribution >= 4 is 39.1 Å². The third kappa shape index (κ3) is 5.15. The molecule has 2 N–H and O–H groups in total. The molecular formula is C20H22BrClN2O3. The van der Waals surface area contributed by atoms with Gasteiger partial charge in [0.05, 0.1) is 12.2 Å². The molecular weight excluding hydrogens is 432 g/mol. The van der Waals surface area contributed by atoms with Crippen LogP contribution in [0.3, 0.4) is 0 Å². The fourth-order valence-corrected chi connectivity index (χ4v) is 3.51. The standard InChI is InChI=1S/C20H22BrClN2O3/c1-12(2)20(13-3-5-14(22)6-4-13)23-11-19(25)24-16-10-18-17(9-15(16)21)26-7-8-27-18/h3-6,9-10,12,20,23H,7-8,11H2,1-2H3,(H,24,25). The van der Waals surface area contributed by atoms with Gasteiger partial charge in [-0.1, -0.05) is 37.6 Å². The van der Waals surface area contributed by atoms with E-state index in [2.05, 4.69) is 40.4 Å². The molecule has 0 saturated heterocycles. The van der Waals surface area contributed by atoms with Gasteiger partial charge in [-0.05, 0) is 39.5 Å². The maximum Gasteiger partial charge on any atom is 0.238 e. The van der Waals surface area contributed by atoms with Gasteiger partial charge in [0.15, 0.2) is 11.5 Å². The maximum absolute atomic E-state index is 12.5. The lowest BCUT2D eigenvalue weighted by atomic mass is 9.96. The fourth-order valence-electron chi connectivity index (χ4n) is 2.97. The van der Waals surface area contributed by atoms with Gasteiger partial charge in [-0.3, -0.25) is 4.79 Å². The highest BCUT2D eigenvalue weighted by Gasteiger charge is 2.19. The van der Waals surface area contributed by atoms with E-state index in [1.165, 1.54) is 0 Å². The van der Waals surface area contributed by atoms with Crippen LogP contribution in [0.1, 0.15) is 25.5 Å². The molecule has 2 aromatic rings. The number of ether oxygens (including phenoxy) is 2. The molecule has 3 rings (SSSR count). The number of nitrogens with one attached hydrogen (secondary N) is 2. The van der Waals surface area contributed by atoms with Crippen LogP contribution in [-0.4, -0.2) is 25.7 Å². The Balaban J connectivity index is 1.64. The van der Waals surface area contributed by atoms with Crippen LogP contribution < -0.4 is 20.1 Å². The Morgan fingerprint density at radius 1 is 1.15 bits per heavy atom. The second-order valence-electron chi connectivity index (χ2n) is 6.68. The zero-order valence-corrected chi connectivity index (χ0v) is 17.6. The number of anilines is 1. The molecule has 27 heavy (non-hydrogen) atoms. The largest absolute Gasteiger partial charge is 0.486 e. The maximum atomic E-state index is 12.5. The monoisotopic (exact) mass is 452 g/mol. The van der Waals surface area contributed by atoms with E-state index in [-0.39, 0.29) is 18.5 Å². The molecule has 7 heteroatoms. The summed E-state index contributed by atoms with van der Waals surface area (Å²) >= 11 is 9.44. The van der Waals surface area contributed by atoms with Crippen molar-refractivity contribution < 1.29 is 14.3 Å². The van der Waals surface area contributed by atoms with Crippen molar-refractivity contribution in [3.63, 3.8) is 0 Å². The highest BCUT2D eigenvalue weighted by Crippen LogP contribution is 2.38. The van der Waals surface area contributed by atoms with Gasteiger partial charge in [0, 0.05) is 27.7 Å². The molecule has 0 aliphatic carbocycles. The zero-order chi connectivity index (χ0) is 19.4. The molecule has 1 unspecified atom stereocenters. The van der Waals surface area contributed by atoms with Crippen molar-refractivity contribution in [1.29, 1.82) is 0 Å². The summed E-state index contributed by atoms with van der Waals surface area (Å²) in [6.07, 6.45) is 0. The Labute approximate surface area is 172 Å². The Bertz CT molecular complexity index is 812. The second-order valence-corrected chi connectivity index (χ2v) is 7.97. The number of carbonyl (C=O) groups excluding carboxylic acids is 1. The van der Waals surface area contributed by atoms with Crippen LogP contribution in [0.5, 0.6) is 11.5 Å². The molecule has 1 atom stereocenters. The number of benzene rings is 2. The summed E-state index contributed by atoms with van der Waals surface area (Å²) in [5.74, 6) is 1.49. The minimum Gasteiger partial charge on any atom is -0.486 e. The van der Waals surface area contributed by atoms with Gasteiger partial charge in [-0.15, -0.1) is 0 Å². The van der Waals surface area contributed by atoms with E-state index in [4.69, 9.17) is 21.1 Å². The van der Waals surface area contributed by atoms with E-state index in [9.17, 15) is 4.79 Å². The van der Waals surface area contributed by atoms with Crippen molar-refractivity contribution in [2.45, 2.75) is 19.9 Å². The quantitative estimate of drug-likeness (QED) is 0.660. The smallest absolute Gasteiger partial charge is 0.238 e. The van der Waals surface area contributed by atoms with Gasteiger partial charge in [0.25, 0.3) is 0 Å². The predicted octanol–water partition coefficient (Wildman–Crippen LogP) is 4.80. The predicted molar refractivity (Wildman–Crippen MR) is 111 cm³/mol. The number of amides is 1. The van der Waals surface area contributed by atoms with Crippen LogP contribution in [0.15, 0.2) is 40.9 Å². The lowest BCUT2D eigenvalue weighted by Gasteiger charge is -2.23. The van der Waals surface area contributed by atoms with E-state index in [0.717, 1.165) is 10.0 Å². The van der Waals surface area contributed by atoms with Crippen LogP contribution >= 0.6 is 27.5 Å². The Kier molecular flexibility index (Phi) is 6.63. The third-order valence-corrected chi connectivity index (χ3v) is 5.19. The van der Waals surface area contributed by atoms with Crippen molar-refractivity contribution in [2.24, 2.45) is 5.92 Å². The first-order valence-corrected chi connectivity index (χ1v) is 9.99. The first kappa shape index (κ1) is 20.0.